The highest BCUT2D eigenvalue weighted by Gasteiger charge is 2.23. The van der Waals surface area contributed by atoms with Crippen LogP contribution in [0.2, 0.25) is 0 Å². The number of carboxylic acid groups (broad SMARTS) is 2. The maximum atomic E-state index is 11.6. The normalized spacial score (nSPS) is 13.1. The first-order valence-electron chi connectivity index (χ1n) is 6.26. The molecule has 8 heteroatoms. The summed E-state index contributed by atoms with van der Waals surface area (Å²) in [5.41, 5.74) is 5.30. The van der Waals surface area contributed by atoms with E-state index >= 15 is 0 Å². The largest absolute Gasteiger partial charge is 0.480 e. The molecule has 0 aromatic carbocycles. The van der Waals surface area contributed by atoms with E-state index in [4.69, 9.17) is 15.9 Å². The lowest BCUT2D eigenvalue weighted by Crippen LogP contribution is -2.51. The SMILES string of the molecule is C=CCC(NC(=O)NC(CCCCN)C(=O)O)C(=O)O. The molecule has 0 aliphatic heterocycles. The molecule has 0 spiro atoms. The lowest BCUT2D eigenvalue weighted by atomic mass is 10.1. The number of hydrogen-bond donors (Lipinski definition) is 5. The summed E-state index contributed by atoms with van der Waals surface area (Å²) in [6.07, 6.45) is 2.85. The monoisotopic (exact) mass is 287 g/mol. The second-order valence-electron chi connectivity index (χ2n) is 4.21. The fraction of sp³-hybridized carbons (Fsp3) is 0.583. The lowest BCUT2D eigenvalue weighted by Gasteiger charge is -2.17. The lowest BCUT2D eigenvalue weighted by molar-refractivity contribution is -0.139. The molecular weight excluding hydrogens is 266 g/mol. The molecule has 0 aromatic heterocycles. The Labute approximate surface area is 117 Å². The van der Waals surface area contributed by atoms with Gasteiger partial charge in [0.25, 0.3) is 0 Å². The quantitative estimate of drug-likeness (QED) is 0.280. The smallest absolute Gasteiger partial charge is 0.326 e. The summed E-state index contributed by atoms with van der Waals surface area (Å²) < 4.78 is 0. The van der Waals surface area contributed by atoms with Crippen LogP contribution in [0.3, 0.4) is 0 Å². The zero-order chi connectivity index (χ0) is 15.5. The summed E-state index contributed by atoms with van der Waals surface area (Å²) in [6, 6.07) is -3.04. The average molecular weight is 287 g/mol. The molecule has 2 unspecified atom stereocenters. The zero-order valence-electron chi connectivity index (χ0n) is 11.2. The average Bonchev–Trinajstić information content (AvgIpc) is 2.37. The van der Waals surface area contributed by atoms with Crippen molar-refractivity contribution in [1.29, 1.82) is 0 Å². The molecule has 20 heavy (non-hydrogen) atoms. The number of carbonyl (C=O) groups is 3. The number of aliphatic carboxylic acids is 2. The van der Waals surface area contributed by atoms with E-state index < -0.39 is 30.1 Å². The van der Waals surface area contributed by atoms with Crippen LogP contribution in [-0.4, -0.2) is 46.8 Å². The number of nitrogens with one attached hydrogen (secondary N) is 2. The Balaban J connectivity index is 4.40. The highest BCUT2D eigenvalue weighted by atomic mass is 16.4. The van der Waals surface area contributed by atoms with E-state index in [1.54, 1.807) is 0 Å². The Morgan fingerprint density at radius 1 is 1.10 bits per heavy atom. The molecule has 2 atom stereocenters. The van der Waals surface area contributed by atoms with Crippen molar-refractivity contribution in [3.05, 3.63) is 12.7 Å². The standard InChI is InChI=1S/C12H21N3O5/c1-2-5-8(10(16)17)14-12(20)15-9(11(18)19)6-3-4-7-13/h2,8-9H,1,3-7,13H2,(H,16,17)(H,18,19)(H2,14,15,20). The van der Waals surface area contributed by atoms with Gasteiger partial charge in [-0.3, -0.25) is 0 Å². The van der Waals surface area contributed by atoms with Crippen molar-refractivity contribution in [2.75, 3.05) is 6.54 Å². The van der Waals surface area contributed by atoms with Crippen molar-refractivity contribution in [3.63, 3.8) is 0 Å². The van der Waals surface area contributed by atoms with Crippen molar-refractivity contribution in [3.8, 4) is 0 Å². The van der Waals surface area contributed by atoms with E-state index in [2.05, 4.69) is 17.2 Å². The molecule has 6 N–H and O–H groups in total. The topological polar surface area (TPSA) is 142 Å². The second kappa shape index (κ2) is 9.79. The minimum Gasteiger partial charge on any atom is -0.480 e. The van der Waals surface area contributed by atoms with Crippen LogP contribution >= 0.6 is 0 Å². The van der Waals surface area contributed by atoms with E-state index in [0.29, 0.717) is 19.4 Å². The fourth-order valence-electron chi connectivity index (χ4n) is 1.50. The van der Waals surface area contributed by atoms with Gasteiger partial charge in [0.05, 0.1) is 0 Å². The molecule has 114 valence electrons. The van der Waals surface area contributed by atoms with Gasteiger partial charge in [-0.2, -0.15) is 0 Å². The Morgan fingerprint density at radius 2 is 1.65 bits per heavy atom. The summed E-state index contributed by atoms with van der Waals surface area (Å²) in [6.45, 7) is 3.83. The molecular formula is C12H21N3O5. The number of urea groups is 1. The van der Waals surface area contributed by atoms with E-state index in [-0.39, 0.29) is 12.8 Å². The number of rotatable bonds is 10. The van der Waals surface area contributed by atoms with Crippen molar-refractivity contribution >= 4 is 18.0 Å². The Hall–Kier alpha value is -2.09. The van der Waals surface area contributed by atoms with Crippen molar-refractivity contribution in [1.82, 2.24) is 10.6 Å². The Kier molecular flexibility index (Phi) is 8.77. The predicted molar refractivity (Wildman–Crippen MR) is 72.2 cm³/mol. The van der Waals surface area contributed by atoms with Crippen LogP contribution in [0.1, 0.15) is 25.7 Å². The number of carboxylic acids is 2. The van der Waals surface area contributed by atoms with Gasteiger partial charge in [-0.15, -0.1) is 6.58 Å². The summed E-state index contributed by atoms with van der Waals surface area (Å²) in [4.78, 5) is 33.4. The highest BCUT2D eigenvalue weighted by molar-refractivity contribution is 5.86. The van der Waals surface area contributed by atoms with Gasteiger partial charge in [0.1, 0.15) is 12.1 Å². The summed E-state index contributed by atoms with van der Waals surface area (Å²) in [5.74, 6) is -2.39. The second-order valence-corrected chi connectivity index (χ2v) is 4.21. The highest BCUT2D eigenvalue weighted by Crippen LogP contribution is 2.01. The van der Waals surface area contributed by atoms with Gasteiger partial charge < -0.3 is 26.6 Å². The van der Waals surface area contributed by atoms with Crippen molar-refractivity contribution in [2.45, 2.75) is 37.8 Å². The molecule has 0 fully saturated rings. The van der Waals surface area contributed by atoms with E-state index in [1.165, 1.54) is 6.08 Å². The Morgan fingerprint density at radius 3 is 2.10 bits per heavy atom. The minimum absolute atomic E-state index is 0.0493. The van der Waals surface area contributed by atoms with Crippen LogP contribution < -0.4 is 16.4 Å². The van der Waals surface area contributed by atoms with Gasteiger partial charge >= 0.3 is 18.0 Å². The van der Waals surface area contributed by atoms with Crippen LogP contribution in [0.25, 0.3) is 0 Å². The number of unbranched alkanes of at least 4 members (excludes halogenated alkanes) is 1. The van der Waals surface area contributed by atoms with Crippen LogP contribution in [-0.2, 0) is 9.59 Å². The van der Waals surface area contributed by atoms with Crippen molar-refractivity contribution in [2.24, 2.45) is 5.73 Å². The number of carbonyl (C=O) groups excluding carboxylic acids is 1. The maximum Gasteiger partial charge on any atom is 0.326 e. The molecule has 0 aliphatic rings. The van der Waals surface area contributed by atoms with Crippen LogP contribution in [0, 0.1) is 0 Å². The maximum absolute atomic E-state index is 11.6. The fourth-order valence-corrected chi connectivity index (χ4v) is 1.50. The summed E-state index contributed by atoms with van der Waals surface area (Å²) in [7, 11) is 0. The third-order valence-electron chi connectivity index (χ3n) is 2.56. The first kappa shape index (κ1) is 17.9. The zero-order valence-corrected chi connectivity index (χ0v) is 11.2. The number of nitrogens with two attached hydrogens (primary N) is 1. The van der Waals surface area contributed by atoms with E-state index in [0.717, 1.165) is 0 Å². The van der Waals surface area contributed by atoms with Gasteiger partial charge in [0.15, 0.2) is 0 Å². The van der Waals surface area contributed by atoms with Gasteiger partial charge in [0, 0.05) is 0 Å². The van der Waals surface area contributed by atoms with Gasteiger partial charge in [-0.25, -0.2) is 14.4 Å². The first-order valence-corrected chi connectivity index (χ1v) is 6.26. The van der Waals surface area contributed by atoms with E-state index in [1.807, 2.05) is 0 Å². The summed E-state index contributed by atoms with van der Waals surface area (Å²) in [5, 5.41) is 22.2. The van der Waals surface area contributed by atoms with Gasteiger partial charge in [-0.1, -0.05) is 6.08 Å². The van der Waals surface area contributed by atoms with Crippen molar-refractivity contribution < 1.29 is 24.6 Å². The molecule has 8 nitrogen and oxygen atoms in total. The van der Waals surface area contributed by atoms with Gasteiger partial charge in [0.2, 0.25) is 0 Å². The number of hydrogen-bond acceptors (Lipinski definition) is 4. The third kappa shape index (κ3) is 7.37. The molecule has 2 amide bonds. The first-order chi connectivity index (χ1) is 9.42. The molecule has 0 aromatic rings. The third-order valence-corrected chi connectivity index (χ3v) is 2.56. The Bertz CT molecular complexity index is 359. The van der Waals surface area contributed by atoms with Crippen LogP contribution in [0.15, 0.2) is 12.7 Å². The molecule has 0 heterocycles. The molecule has 0 rings (SSSR count). The molecule has 0 bridgehead atoms. The van der Waals surface area contributed by atoms with Crippen LogP contribution in [0.5, 0.6) is 0 Å². The number of amides is 2. The molecule has 0 saturated heterocycles. The predicted octanol–water partition coefficient (Wildman–Crippen LogP) is -0.103. The summed E-state index contributed by atoms with van der Waals surface area (Å²) >= 11 is 0. The van der Waals surface area contributed by atoms with Crippen LogP contribution in [0.4, 0.5) is 4.79 Å². The molecule has 0 radical (unpaired) electrons. The molecule has 0 aliphatic carbocycles. The molecule has 0 saturated carbocycles. The van der Waals surface area contributed by atoms with E-state index in [9.17, 15) is 14.4 Å². The van der Waals surface area contributed by atoms with Gasteiger partial charge in [-0.05, 0) is 32.2 Å². The minimum atomic E-state index is -1.21.